The number of para-hydroxylation sites is 1. The summed E-state index contributed by atoms with van der Waals surface area (Å²) in [5.41, 5.74) is 3.71. The van der Waals surface area contributed by atoms with Crippen LogP contribution in [0.15, 0.2) is 48.5 Å². The molecule has 0 unspecified atom stereocenters. The summed E-state index contributed by atoms with van der Waals surface area (Å²) >= 11 is 0. The summed E-state index contributed by atoms with van der Waals surface area (Å²) < 4.78 is 0. The molecule has 24 heavy (non-hydrogen) atoms. The van der Waals surface area contributed by atoms with E-state index in [4.69, 9.17) is 0 Å². The largest absolute Gasteiger partial charge is 0.349 e. The van der Waals surface area contributed by atoms with Gasteiger partial charge >= 0.3 is 0 Å². The molecule has 1 aromatic heterocycles. The molecule has 0 aliphatic carbocycles. The molecule has 1 atom stereocenters. The first-order chi connectivity index (χ1) is 11.6. The standard InChI is InChI=1S/C19H22N4O/c1-13-8-10-14(11-9-13)17(23(2)3)12-20-19(24)18-15-6-4-5-7-16(15)21-22-18/h4-11,17H,12H2,1-3H3,(H,20,24)(H,21,22)/t17-/m1/s1. The van der Waals surface area contributed by atoms with Gasteiger partial charge in [0.15, 0.2) is 5.69 Å². The second kappa shape index (κ2) is 6.84. The van der Waals surface area contributed by atoms with Crippen LogP contribution in [0.25, 0.3) is 10.9 Å². The Morgan fingerprint density at radius 1 is 1.17 bits per heavy atom. The second-order valence-electron chi connectivity index (χ2n) is 6.22. The number of likely N-dealkylation sites (N-methyl/N-ethyl adjacent to an activating group) is 1. The number of rotatable bonds is 5. The van der Waals surface area contributed by atoms with Crippen LogP contribution in [0.3, 0.4) is 0 Å². The number of carbonyl (C=O) groups is 1. The topological polar surface area (TPSA) is 61.0 Å². The minimum atomic E-state index is -0.161. The zero-order valence-electron chi connectivity index (χ0n) is 14.2. The second-order valence-corrected chi connectivity index (χ2v) is 6.22. The molecule has 0 aliphatic heterocycles. The van der Waals surface area contributed by atoms with Crippen molar-refractivity contribution in [3.63, 3.8) is 0 Å². The molecule has 0 fully saturated rings. The average molecular weight is 322 g/mol. The van der Waals surface area contributed by atoms with E-state index in [2.05, 4.69) is 51.6 Å². The lowest BCUT2D eigenvalue weighted by Gasteiger charge is -2.25. The van der Waals surface area contributed by atoms with Crippen LogP contribution in [0, 0.1) is 6.92 Å². The number of hydrogen-bond donors (Lipinski definition) is 2. The summed E-state index contributed by atoms with van der Waals surface area (Å²) in [6.07, 6.45) is 0. The molecule has 0 bridgehead atoms. The van der Waals surface area contributed by atoms with E-state index in [0.717, 1.165) is 10.9 Å². The first-order valence-electron chi connectivity index (χ1n) is 8.00. The van der Waals surface area contributed by atoms with E-state index < -0.39 is 0 Å². The minimum absolute atomic E-state index is 0.111. The maximum Gasteiger partial charge on any atom is 0.272 e. The minimum Gasteiger partial charge on any atom is -0.349 e. The Hall–Kier alpha value is -2.66. The van der Waals surface area contributed by atoms with E-state index in [1.54, 1.807) is 0 Å². The van der Waals surface area contributed by atoms with Crippen LogP contribution >= 0.6 is 0 Å². The smallest absolute Gasteiger partial charge is 0.272 e. The molecule has 1 amide bonds. The number of fused-ring (bicyclic) bond motifs is 1. The predicted octanol–water partition coefficient (Wildman–Crippen LogP) is 2.90. The Bertz CT molecular complexity index is 836. The van der Waals surface area contributed by atoms with E-state index in [1.165, 1.54) is 11.1 Å². The van der Waals surface area contributed by atoms with Crippen molar-refractivity contribution in [3.8, 4) is 0 Å². The van der Waals surface area contributed by atoms with Crippen molar-refractivity contribution < 1.29 is 4.79 Å². The molecule has 0 saturated carbocycles. The third-order valence-corrected chi connectivity index (χ3v) is 4.23. The summed E-state index contributed by atoms with van der Waals surface area (Å²) in [6, 6.07) is 16.1. The van der Waals surface area contributed by atoms with E-state index in [-0.39, 0.29) is 11.9 Å². The highest BCUT2D eigenvalue weighted by Gasteiger charge is 2.18. The lowest BCUT2D eigenvalue weighted by Crippen LogP contribution is -2.34. The molecule has 5 nitrogen and oxygen atoms in total. The number of H-pyrrole nitrogens is 1. The third-order valence-electron chi connectivity index (χ3n) is 4.23. The quantitative estimate of drug-likeness (QED) is 0.759. The molecule has 1 heterocycles. The van der Waals surface area contributed by atoms with E-state index in [1.807, 2.05) is 38.4 Å². The third kappa shape index (κ3) is 3.31. The van der Waals surface area contributed by atoms with Gasteiger partial charge < -0.3 is 10.2 Å². The van der Waals surface area contributed by atoms with Crippen molar-refractivity contribution in [2.75, 3.05) is 20.6 Å². The van der Waals surface area contributed by atoms with Crippen LogP contribution in [0.5, 0.6) is 0 Å². The van der Waals surface area contributed by atoms with Gasteiger partial charge in [-0.25, -0.2) is 0 Å². The lowest BCUT2D eigenvalue weighted by molar-refractivity contribution is 0.0938. The first-order valence-corrected chi connectivity index (χ1v) is 8.00. The number of aromatic nitrogens is 2. The summed E-state index contributed by atoms with van der Waals surface area (Å²) in [7, 11) is 4.03. The molecule has 3 aromatic rings. The molecule has 0 aliphatic rings. The Balaban J connectivity index is 1.75. The number of nitrogens with zero attached hydrogens (tertiary/aromatic N) is 2. The van der Waals surface area contributed by atoms with Crippen molar-refractivity contribution >= 4 is 16.8 Å². The molecular weight excluding hydrogens is 300 g/mol. The molecule has 2 N–H and O–H groups in total. The Labute approximate surface area is 141 Å². The van der Waals surface area contributed by atoms with Crippen molar-refractivity contribution in [2.45, 2.75) is 13.0 Å². The van der Waals surface area contributed by atoms with Gasteiger partial charge in [0, 0.05) is 11.9 Å². The Morgan fingerprint density at radius 3 is 2.58 bits per heavy atom. The summed E-state index contributed by atoms with van der Waals surface area (Å²) in [5.74, 6) is -0.161. The molecular formula is C19H22N4O. The number of carbonyl (C=O) groups excluding carboxylic acids is 1. The number of aromatic amines is 1. The van der Waals surface area contributed by atoms with Crippen LogP contribution < -0.4 is 5.32 Å². The summed E-state index contributed by atoms with van der Waals surface area (Å²) in [4.78, 5) is 14.6. The summed E-state index contributed by atoms with van der Waals surface area (Å²) in [5, 5.41) is 10.9. The molecule has 0 radical (unpaired) electrons. The number of nitrogens with one attached hydrogen (secondary N) is 2. The van der Waals surface area contributed by atoms with Gasteiger partial charge in [-0.3, -0.25) is 9.89 Å². The molecule has 3 rings (SSSR count). The molecule has 2 aromatic carbocycles. The van der Waals surface area contributed by atoms with Gasteiger partial charge in [-0.2, -0.15) is 5.10 Å². The molecule has 0 saturated heterocycles. The fraction of sp³-hybridized carbons (Fsp3) is 0.263. The van der Waals surface area contributed by atoms with Crippen LogP contribution in [0.2, 0.25) is 0 Å². The lowest BCUT2D eigenvalue weighted by atomic mass is 10.0. The normalized spacial score (nSPS) is 12.5. The highest BCUT2D eigenvalue weighted by molar-refractivity contribution is 6.04. The average Bonchev–Trinajstić information content (AvgIpc) is 3.00. The number of benzene rings is 2. The van der Waals surface area contributed by atoms with Crippen molar-refractivity contribution in [1.29, 1.82) is 0 Å². The van der Waals surface area contributed by atoms with Crippen LogP contribution in [0.1, 0.15) is 27.7 Å². The van der Waals surface area contributed by atoms with Gasteiger partial charge in [-0.15, -0.1) is 0 Å². The van der Waals surface area contributed by atoms with Crippen molar-refractivity contribution in [2.24, 2.45) is 0 Å². The van der Waals surface area contributed by atoms with Crippen LogP contribution in [-0.2, 0) is 0 Å². The van der Waals surface area contributed by atoms with Gasteiger partial charge in [0.2, 0.25) is 0 Å². The van der Waals surface area contributed by atoms with Gasteiger partial charge in [0.25, 0.3) is 5.91 Å². The number of hydrogen-bond acceptors (Lipinski definition) is 3. The zero-order valence-corrected chi connectivity index (χ0v) is 14.2. The number of amides is 1. The predicted molar refractivity (Wildman–Crippen MR) is 96.0 cm³/mol. The molecule has 5 heteroatoms. The van der Waals surface area contributed by atoms with Gasteiger partial charge in [-0.1, -0.05) is 48.0 Å². The van der Waals surface area contributed by atoms with Gasteiger partial charge in [-0.05, 0) is 32.6 Å². The highest BCUT2D eigenvalue weighted by Crippen LogP contribution is 2.19. The molecule has 124 valence electrons. The molecule has 0 spiro atoms. The maximum absolute atomic E-state index is 12.5. The zero-order chi connectivity index (χ0) is 17.1. The maximum atomic E-state index is 12.5. The monoisotopic (exact) mass is 322 g/mol. The Morgan fingerprint density at radius 2 is 1.88 bits per heavy atom. The first kappa shape index (κ1) is 16.2. The SMILES string of the molecule is Cc1ccc([C@@H](CNC(=O)c2n[nH]c3ccccc23)N(C)C)cc1. The van der Waals surface area contributed by atoms with Crippen LogP contribution in [-0.4, -0.2) is 41.6 Å². The fourth-order valence-corrected chi connectivity index (χ4v) is 2.80. The Kier molecular flexibility index (Phi) is 4.62. The highest BCUT2D eigenvalue weighted by atomic mass is 16.1. The van der Waals surface area contributed by atoms with Crippen molar-refractivity contribution in [3.05, 3.63) is 65.4 Å². The summed E-state index contributed by atoms with van der Waals surface area (Å²) in [6.45, 7) is 2.59. The number of aryl methyl sites for hydroxylation is 1. The van der Waals surface area contributed by atoms with E-state index >= 15 is 0 Å². The van der Waals surface area contributed by atoms with Gasteiger partial charge in [0.05, 0.1) is 11.6 Å². The van der Waals surface area contributed by atoms with E-state index in [0.29, 0.717) is 12.2 Å². The fourth-order valence-electron chi connectivity index (χ4n) is 2.80. The van der Waals surface area contributed by atoms with E-state index in [9.17, 15) is 4.79 Å². The van der Waals surface area contributed by atoms with Crippen LogP contribution in [0.4, 0.5) is 0 Å². The van der Waals surface area contributed by atoms with Gasteiger partial charge in [0.1, 0.15) is 0 Å². The van der Waals surface area contributed by atoms with Crippen molar-refractivity contribution in [1.82, 2.24) is 20.4 Å².